The van der Waals surface area contributed by atoms with Gasteiger partial charge in [-0.2, -0.15) is 0 Å². The number of aliphatic carboxylic acids is 1. The van der Waals surface area contributed by atoms with Crippen LogP contribution in [-0.4, -0.2) is 30.4 Å². The maximum absolute atomic E-state index is 12.4. The standard InChI is InChI=1S/C38H39N3O3S2/c1-24-21-39-35(45-24)27-13-11-25(12-14-27)22-41-32-18-17-29(44-23-28-16-15-26-9-7-8-10-31(26)40-28)19-30(32)34(46-37(2,3)4)33(41)20-38(5,6)36(42)43/h7-19,21H,20,22-23H2,1-6H3,(H,42,43). The number of hydrogen-bond acceptors (Lipinski definition) is 6. The molecule has 6 nitrogen and oxygen atoms in total. The third-order valence-electron chi connectivity index (χ3n) is 7.89. The Morgan fingerprint density at radius 3 is 2.43 bits per heavy atom. The van der Waals surface area contributed by atoms with Crippen molar-refractivity contribution in [3.63, 3.8) is 0 Å². The van der Waals surface area contributed by atoms with Gasteiger partial charge in [-0.15, -0.1) is 23.1 Å². The molecule has 0 amide bonds. The van der Waals surface area contributed by atoms with E-state index >= 15 is 0 Å². The Bertz CT molecular complexity index is 2030. The van der Waals surface area contributed by atoms with E-state index in [4.69, 9.17) is 9.72 Å². The number of thioether (sulfide) groups is 1. The van der Waals surface area contributed by atoms with E-state index in [2.05, 4.69) is 85.8 Å². The van der Waals surface area contributed by atoms with Crippen LogP contribution >= 0.6 is 23.1 Å². The quantitative estimate of drug-likeness (QED) is 0.149. The lowest BCUT2D eigenvalue weighted by Gasteiger charge is -2.24. The third kappa shape index (κ3) is 6.98. The van der Waals surface area contributed by atoms with Gasteiger partial charge in [0.1, 0.15) is 17.4 Å². The van der Waals surface area contributed by atoms with Crippen molar-refractivity contribution in [2.45, 2.75) is 70.8 Å². The molecule has 3 aromatic carbocycles. The molecule has 6 aromatic rings. The number of aromatic nitrogens is 3. The fourth-order valence-corrected chi connectivity index (χ4v) is 7.44. The van der Waals surface area contributed by atoms with Gasteiger partial charge in [0, 0.05) is 61.2 Å². The van der Waals surface area contributed by atoms with Crippen molar-refractivity contribution < 1.29 is 14.6 Å². The zero-order valence-electron chi connectivity index (χ0n) is 27.1. The van der Waals surface area contributed by atoms with Gasteiger partial charge in [-0.1, -0.05) is 69.3 Å². The highest BCUT2D eigenvalue weighted by molar-refractivity contribution is 8.00. The molecule has 0 saturated heterocycles. The molecule has 0 fully saturated rings. The molecule has 0 aliphatic heterocycles. The highest BCUT2D eigenvalue weighted by Crippen LogP contribution is 2.44. The van der Waals surface area contributed by atoms with Crippen molar-refractivity contribution in [3.05, 3.63) is 107 Å². The number of rotatable bonds is 10. The van der Waals surface area contributed by atoms with Crippen molar-refractivity contribution in [3.8, 4) is 16.3 Å². The first kappa shape index (κ1) is 31.8. The molecule has 6 rings (SSSR count). The van der Waals surface area contributed by atoms with Crippen molar-refractivity contribution >= 4 is 50.9 Å². The minimum absolute atomic E-state index is 0.0966. The second-order valence-corrected chi connectivity index (χ2v) is 16.5. The van der Waals surface area contributed by atoms with Crippen LogP contribution in [0.5, 0.6) is 5.75 Å². The molecular formula is C38H39N3O3S2. The van der Waals surface area contributed by atoms with E-state index in [-0.39, 0.29) is 4.75 Å². The van der Waals surface area contributed by atoms with Gasteiger partial charge in [-0.25, -0.2) is 9.97 Å². The first-order valence-corrected chi connectivity index (χ1v) is 17.1. The summed E-state index contributed by atoms with van der Waals surface area (Å²) in [6, 6.07) is 26.9. The monoisotopic (exact) mass is 649 g/mol. The Hall–Kier alpha value is -4.14. The number of hydrogen-bond donors (Lipinski definition) is 1. The maximum Gasteiger partial charge on any atom is 0.309 e. The molecule has 236 valence electrons. The Morgan fingerprint density at radius 2 is 1.74 bits per heavy atom. The van der Waals surface area contributed by atoms with Gasteiger partial charge in [0.2, 0.25) is 0 Å². The highest BCUT2D eigenvalue weighted by atomic mass is 32.2. The number of fused-ring (bicyclic) bond motifs is 2. The van der Waals surface area contributed by atoms with E-state index < -0.39 is 11.4 Å². The maximum atomic E-state index is 12.4. The van der Waals surface area contributed by atoms with Crippen LogP contribution in [0.2, 0.25) is 0 Å². The highest BCUT2D eigenvalue weighted by Gasteiger charge is 2.33. The number of benzene rings is 3. The van der Waals surface area contributed by atoms with E-state index in [0.29, 0.717) is 19.6 Å². The summed E-state index contributed by atoms with van der Waals surface area (Å²) in [6.45, 7) is 13.2. The normalized spacial score (nSPS) is 12.2. The van der Waals surface area contributed by atoms with E-state index in [9.17, 15) is 9.90 Å². The minimum Gasteiger partial charge on any atom is -0.487 e. The number of nitrogens with zero attached hydrogens (tertiary/aromatic N) is 3. The SMILES string of the molecule is Cc1cnc(-c2ccc(Cn3c(CC(C)(C)C(=O)O)c(SC(C)(C)C)c4cc(OCc5ccc6ccccc6n5)ccc43)cc2)s1. The smallest absolute Gasteiger partial charge is 0.309 e. The zero-order valence-corrected chi connectivity index (χ0v) is 28.8. The summed E-state index contributed by atoms with van der Waals surface area (Å²) in [6.07, 6.45) is 2.30. The molecule has 0 aliphatic carbocycles. The number of pyridine rings is 1. The molecule has 3 aromatic heterocycles. The molecule has 46 heavy (non-hydrogen) atoms. The lowest BCUT2D eigenvalue weighted by Crippen LogP contribution is -2.28. The second kappa shape index (κ2) is 12.6. The van der Waals surface area contributed by atoms with Gasteiger partial charge in [-0.05, 0) is 56.7 Å². The second-order valence-electron chi connectivity index (χ2n) is 13.4. The average molecular weight is 650 g/mol. The van der Waals surface area contributed by atoms with Crippen LogP contribution in [0.15, 0.2) is 90.0 Å². The van der Waals surface area contributed by atoms with E-state index in [1.165, 1.54) is 4.88 Å². The molecule has 3 heterocycles. The summed E-state index contributed by atoms with van der Waals surface area (Å²) in [4.78, 5) is 24.0. The number of para-hydroxylation sites is 1. The molecule has 0 bridgehead atoms. The molecule has 0 radical (unpaired) electrons. The van der Waals surface area contributed by atoms with Gasteiger partial charge in [-0.3, -0.25) is 4.79 Å². The van der Waals surface area contributed by atoms with Crippen molar-refractivity contribution in [1.82, 2.24) is 14.5 Å². The number of thiazole rings is 1. The number of carboxylic acid groups (broad SMARTS) is 1. The van der Waals surface area contributed by atoms with Crippen LogP contribution in [-0.2, 0) is 24.4 Å². The Balaban J connectivity index is 1.40. The Labute approximate surface area is 278 Å². The van der Waals surface area contributed by atoms with Crippen molar-refractivity contribution in [2.24, 2.45) is 5.41 Å². The van der Waals surface area contributed by atoms with Gasteiger partial charge >= 0.3 is 5.97 Å². The van der Waals surface area contributed by atoms with E-state index in [1.54, 1.807) is 36.9 Å². The summed E-state index contributed by atoms with van der Waals surface area (Å²) >= 11 is 3.46. The van der Waals surface area contributed by atoms with Gasteiger partial charge in [0.15, 0.2) is 0 Å². The van der Waals surface area contributed by atoms with Crippen LogP contribution in [0.3, 0.4) is 0 Å². The summed E-state index contributed by atoms with van der Waals surface area (Å²) in [5.41, 5.74) is 5.17. The number of aryl methyl sites for hydroxylation is 1. The van der Waals surface area contributed by atoms with Crippen LogP contribution in [0.4, 0.5) is 0 Å². The predicted octanol–water partition coefficient (Wildman–Crippen LogP) is 9.79. The van der Waals surface area contributed by atoms with Crippen molar-refractivity contribution in [1.29, 1.82) is 0 Å². The Kier molecular flexibility index (Phi) is 8.70. The van der Waals surface area contributed by atoms with Crippen LogP contribution < -0.4 is 4.74 Å². The topological polar surface area (TPSA) is 77.2 Å². The third-order valence-corrected chi connectivity index (χ3v) is 10.1. The van der Waals surface area contributed by atoms with Crippen LogP contribution in [0.25, 0.3) is 32.4 Å². The number of carboxylic acids is 1. The molecule has 1 N–H and O–H groups in total. The summed E-state index contributed by atoms with van der Waals surface area (Å²) in [5.74, 6) is -0.0616. The molecule has 0 atom stereocenters. The first-order valence-electron chi connectivity index (χ1n) is 15.4. The predicted molar refractivity (Wildman–Crippen MR) is 190 cm³/mol. The summed E-state index contributed by atoms with van der Waals surface area (Å²) in [5, 5.41) is 13.3. The van der Waals surface area contributed by atoms with Gasteiger partial charge < -0.3 is 14.4 Å². The first-order chi connectivity index (χ1) is 21.9. The van der Waals surface area contributed by atoms with Crippen molar-refractivity contribution in [2.75, 3.05) is 0 Å². The lowest BCUT2D eigenvalue weighted by atomic mass is 9.88. The lowest BCUT2D eigenvalue weighted by molar-refractivity contribution is -0.146. The molecule has 0 aliphatic rings. The minimum atomic E-state index is -0.951. The largest absolute Gasteiger partial charge is 0.487 e. The summed E-state index contributed by atoms with van der Waals surface area (Å²) < 4.78 is 8.52. The zero-order chi connectivity index (χ0) is 32.6. The summed E-state index contributed by atoms with van der Waals surface area (Å²) in [7, 11) is 0. The molecule has 8 heteroatoms. The van der Waals surface area contributed by atoms with E-state index in [0.717, 1.165) is 60.0 Å². The van der Waals surface area contributed by atoms with Gasteiger partial charge in [0.05, 0.1) is 16.6 Å². The number of ether oxygens (including phenoxy) is 1. The van der Waals surface area contributed by atoms with Crippen LogP contribution in [0, 0.1) is 12.3 Å². The van der Waals surface area contributed by atoms with E-state index in [1.807, 2.05) is 36.5 Å². The Morgan fingerprint density at radius 1 is 0.978 bits per heavy atom. The average Bonchev–Trinajstić information content (AvgIpc) is 3.56. The molecule has 0 saturated carbocycles. The fourth-order valence-electron chi connectivity index (χ4n) is 5.49. The molecular weight excluding hydrogens is 611 g/mol. The van der Waals surface area contributed by atoms with Gasteiger partial charge in [0.25, 0.3) is 0 Å². The number of carbonyl (C=O) groups is 1. The van der Waals surface area contributed by atoms with Crippen LogP contribution in [0.1, 0.15) is 56.4 Å². The molecule has 0 unspecified atom stereocenters. The molecule has 0 spiro atoms. The fraction of sp³-hybridized carbons (Fsp3) is 0.289.